The summed E-state index contributed by atoms with van der Waals surface area (Å²) in [5.41, 5.74) is 1.25. The number of hydrogen-bond acceptors (Lipinski definition) is 0. The molecule has 25 heavy (non-hydrogen) atoms. The van der Waals surface area contributed by atoms with Crippen LogP contribution in [0.25, 0.3) is 0 Å². The van der Waals surface area contributed by atoms with Gasteiger partial charge >= 0.3 is 35.8 Å². The summed E-state index contributed by atoms with van der Waals surface area (Å²) in [6, 6.07) is 0. The zero-order valence-electron chi connectivity index (χ0n) is 11.4. The van der Waals surface area contributed by atoms with E-state index in [2.05, 4.69) is 0 Å². The normalized spacial score (nSPS) is 15.0. The maximum atomic E-state index is 13.1. The van der Waals surface area contributed by atoms with E-state index < -0.39 is 41.9 Å². The van der Waals surface area contributed by atoms with Crippen LogP contribution in [0.5, 0.6) is 0 Å². The van der Waals surface area contributed by atoms with Crippen LogP contribution < -0.4 is 0 Å². The molecule has 0 radical (unpaired) electrons. The van der Waals surface area contributed by atoms with Gasteiger partial charge in [0.1, 0.15) is 0 Å². The Labute approximate surface area is 144 Å². The summed E-state index contributed by atoms with van der Waals surface area (Å²) in [7, 11) is 0. The van der Waals surface area contributed by atoms with E-state index in [0.29, 0.717) is 6.08 Å². The van der Waals surface area contributed by atoms with Gasteiger partial charge in [0.2, 0.25) is 0 Å². The third-order valence-electron chi connectivity index (χ3n) is 2.59. The molecule has 0 amide bonds. The van der Waals surface area contributed by atoms with Crippen molar-refractivity contribution >= 4 is 22.6 Å². The molecule has 0 aromatic rings. The Kier molecular flexibility index (Phi) is 6.97. The summed E-state index contributed by atoms with van der Waals surface area (Å²) in [6.07, 6.45) is -8.00. The minimum Gasteiger partial charge on any atom is -0.194 e. The maximum Gasteiger partial charge on any atom is 0.460 e. The van der Waals surface area contributed by atoms with Crippen molar-refractivity contribution in [3.63, 3.8) is 0 Å². The molecule has 0 saturated heterocycles. The summed E-state index contributed by atoms with van der Waals surface area (Å²) in [4.78, 5) is 0. The van der Waals surface area contributed by atoms with Crippen LogP contribution in [0.2, 0.25) is 0 Å². The lowest BCUT2D eigenvalue weighted by atomic mass is 9.94. The molecule has 148 valence electrons. The number of hydrogen-bond donors (Lipinski definition) is 0. The van der Waals surface area contributed by atoms with E-state index >= 15 is 0 Å². The van der Waals surface area contributed by atoms with Gasteiger partial charge < -0.3 is 0 Å². The van der Waals surface area contributed by atoms with E-state index in [4.69, 9.17) is 0 Å². The average Bonchev–Trinajstić information content (AvgIpc) is 2.41. The first-order valence-electron chi connectivity index (χ1n) is 5.75. The van der Waals surface area contributed by atoms with E-state index in [-0.39, 0.29) is 10.8 Å². The van der Waals surface area contributed by atoms with E-state index in [9.17, 15) is 57.1 Å². The Morgan fingerprint density at radius 1 is 0.640 bits per heavy atom. The first-order valence-corrected chi connectivity index (χ1v) is 7.27. The lowest BCUT2D eigenvalue weighted by Crippen LogP contribution is -2.69. The molecule has 0 aliphatic rings. The largest absolute Gasteiger partial charge is 0.460 e. The second-order valence-corrected chi connectivity index (χ2v) is 5.49. The van der Waals surface area contributed by atoms with Crippen LogP contribution in [0.4, 0.5) is 57.1 Å². The van der Waals surface area contributed by atoms with Crippen molar-refractivity contribution in [1.82, 2.24) is 0 Å². The maximum absolute atomic E-state index is 13.1. The fourth-order valence-corrected chi connectivity index (χ4v) is 1.49. The molecule has 0 heterocycles. The molecule has 14 heteroatoms. The molecule has 0 spiro atoms. The summed E-state index contributed by atoms with van der Waals surface area (Å²) >= 11 is 1.67. The second-order valence-electron chi connectivity index (χ2n) is 4.41. The van der Waals surface area contributed by atoms with Crippen LogP contribution >= 0.6 is 22.6 Å². The molecule has 0 saturated carbocycles. The predicted octanol–water partition coefficient (Wildman–Crippen LogP) is 6.26. The minimum atomic E-state index is -7.87. The first kappa shape index (κ1) is 24.3. The third-order valence-corrected chi connectivity index (χ3v) is 3.22. The van der Waals surface area contributed by atoms with Crippen molar-refractivity contribution < 1.29 is 57.1 Å². The summed E-state index contributed by atoms with van der Waals surface area (Å²) in [6.45, 7) is 0. The number of halogens is 14. The number of allylic oxidation sites excluding steroid dienone is 1. The molecular formula is C11H6F13I. The van der Waals surface area contributed by atoms with E-state index in [1.165, 1.54) is 5.73 Å². The van der Waals surface area contributed by atoms with Crippen LogP contribution in [-0.2, 0) is 0 Å². The van der Waals surface area contributed by atoms with Gasteiger partial charge in [0.25, 0.3) is 0 Å². The molecule has 0 aromatic carbocycles. The van der Waals surface area contributed by atoms with Crippen molar-refractivity contribution in [2.24, 2.45) is 0 Å². The quantitative estimate of drug-likeness (QED) is 0.164. The molecule has 0 rings (SSSR count). The third kappa shape index (κ3) is 4.03. The van der Waals surface area contributed by atoms with Crippen LogP contribution in [0.3, 0.4) is 0 Å². The molecular weight excluding hydrogens is 506 g/mol. The average molecular weight is 512 g/mol. The van der Waals surface area contributed by atoms with Gasteiger partial charge in [-0.05, 0) is 12.5 Å². The summed E-state index contributed by atoms with van der Waals surface area (Å²) in [5.74, 6) is -36.8. The van der Waals surface area contributed by atoms with E-state index in [1.54, 1.807) is 22.6 Å². The van der Waals surface area contributed by atoms with Crippen molar-refractivity contribution in [3.8, 4) is 0 Å². The van der Waals surface area contributed by atoms with Gasteiger partial charge in [0.05, 0.1) is 0 Å². The number of alkyl halides is 14. The predicted molar refractivity (Wildman–Crippen MR) is 66.9 cm³/mol. The molecule has 0 aliphatic heterocycles. The van der Waals surface area contributed by atoms with Crippen molar-refractivity contribution in [3.05, 3.63) is 17.9 Å². The highest BCUT2D eigenvalue weighted by molar-refractivity contribution is 14.1. The zero-order chi connectivity index (χ0) is 20.5. The molecule has 0 N–H and O–H groups in total. The summed E-state index contributed by atoms with van der Waals surface area (Å²) in [5, 5.41) is 0. The van der Waals surface area contributed by atoms with Gasteiger partial charge in [-0.3, -0.25) is 0 Å². The van der Waals surface area contributed by atoms with Crippen molar-refractivity contribution in [2.75, 3.05) is 4.43 Å². The van der Waals surface area contributed by atoms with Crippen LogP contribution in [0.1, 0.15) is 6.42 Å². The lowest BCUT2D eigenvalue weighted by molar-refractivity contribution is -0.436. The second kappa shape index (κ2) is 7.16. The SMILES string of the molecule is FC(F)(F)C(F)(F)C(F)(F)C(F)(F)C(F)(F)C(F)(F)C=C=CCCI. The smallest absolute Gasteiger partial charge is 0.194 e. The fraction of sp³-hybridized carbons (Fsp3) is 0.727. The van der Waals surface area contributed by atoms with Crippen LogP contribution in [0, 0.1) is 0 Å². The van der Waals surface area contributed by atoms with Crippen LogP contribution in [0.15, 0.2) is 17.9 Å². The highest BCUT2D eigenvalue weighted by Crippen LogP contribution is 2.60. The Morgan fingerprint density at radius 2 is 1.04 bits per heavy atom. The van der Waals surface area contributed by atoms with Gasteiger partial charge in [-0.15, -0.1) is 5.73 Å². The summed E-state index contributed by atoms with van der Waals surface area (Å²) < 4.78 is 165. The highest BCUT2D eigenvalue weighted by atomic mass is 127. The highest BCUT2D eigenvalue weighted by Gasteiger charge is 2.90. The standard InChI is InChI=1S/C11H6F13I/c12-6(13,4-2-1-3-5-25)7(14,15)8(16,17)9(18,19)10(20,21)11(22,23)24/h1,4H,3,5H2. The lowest BCUT2D eigenvalue weighted by Gasteiger charge is -2.38. The molecule has 0 aromatic heterocycles. The van der Waals surface area contributed by atoms with Gasteiger partial charge in [0.15, 0.2) is 0 Å². The molecule has 0 aliphatic carbocycles. The minimum absolute atomic E-state index is 0.0859. The van der Waals surface area contributed by atoms with Gasteiger partial charge in [-0.1, -0.05) is 22.6 Å². The number of rotatable bonds is 7. The van der Waals surface area contributed by atoms with E-state index in [0.717, 1.165) is 0 Å². The Bertz CT molecular complexity index is 525. The zero-order valence-corrected chi connectivity index (χ0v) is 13.5. The monoisotopic (exact) mass is 512 g/mol. The van der Waals surface area contributed by atoms with Gasteiger partial charge in [-0.2, -0.15) is 57.1 Å². The van der Waals surface area contributed by atoms with Gasteiger partial charge in [0, 0.05) is 10.5 Å². The fourth-order valence-electron chi connectivity index (χ4n) is 1.17. The molecule has 0 bridgehead atoms. The Balaban J connectivity index is 6.16. The topological polar surface area (TPSA) is 0 Å². The molecule has 0 fully saturated rings. The van der Waals surface area contributed by atoms with Crippen LogP contribution in [-0.4, -0.2) is 40.2 Å². The van der Waals surface area contributed by atoms with E-state index in [1.807, 2.05) is 0 Å². The molecule has 0 unspecified atom stereocenters. The Morgan fingerprint density at radius 3 is 1.40 bits per heavy atom. The molecule has 0 nitrogen and oxygen atoms in total. The first-order chi connectivity index (χ1) is 10.8. The van der Waals surface area contributed by atoms with Crippen molar-refractivity contribution in [2.45, 2.75) is 42.2 Å². The Hall–Kier alpha value is -0.660. The van der Waals surface area contributed by atoms with Crippen molar-refractivity contribution in [1.29, 1.82) is 0 Å². The molecule has 0 atom stereocenters. The van der Waals surface area contributed by atoms with Gasteiger partial charge in [-0.25, -0.2) is 0 Å².